The van der Waals surface area contributed by atoms with E-state index in [9.17, 15) is 0 Å². The number of unbranched alkanes of at least 4 members (excludes halogenated alkanes) is 1. The van der Waals surface area contributed by atoms with Crippen LogP contribution in [0.1, 0.15) is 46.5 Å². The Bertz CT molecular complexity index is 69.3. The SMILES string of the molecule is CCCNCCCCC(C)C. The predicted molar refractivity (Wildman–Crippen MR) is 51.8 cm³/mol. The van der Waals surface area contributed by atoms with Crippen LogP contribution >= 0.6 is 0 Å². The fourth-order valence-corrected chi connectivity index (χ4v) is 1.10. The Kier molecular flexibility index (Phi) is 8.03. The van der Waals surface area contributed by atoms with E-state index in [0.717, 1.165) is 5.92 Å². The topological polar surface area (TPSA) is 12.0 Å². The molecule has 11 heavy (non-hydrogen) atoms. The van der Waals surface area contributed by atoms with Gasteiger partial charge < -0.3 is 5.32 Å². The van der Waals surface area contributed by atoms with Crippen LogP contribution in [0.3, 0.4) is 0 Å². The van der Waals surface area contributed by atoms with Crippen LogP contribution < -0.4 is 5.32 Å². The first kappa shape index (κ1) is 11.0. The summed E-state index contributed by atoms with van der Waals surface area (Å²) >= 11 is 0. The molecule has 0 heterocycles. The van der Waals surface area contributed by atoms with Crippen LogP contribution in [-0.4, -0.2) is 13.1 Å². The van der Waals surface area contributed by atoms with Crippen molar-refractivity contribution in [1.29, 1.82) is 0 Å². The van der Waals surface area contributed by atoms with E-state index in [1.807, 2.05) is 0 Å². The van der Waals surface area contributed by atoms with E-state index >= 15 is 0 Å². The molecular formula is C10H23N. The van der Waals surface area contributed by atoms with Crippen LogP contribution in [-0.2, 0) is 0 Å². The molecule has 1 heteroatoms. The average molecular weight is 157 g/mol. The van der Waals surface area contributed by atoms with Gasteiger partial charge in [0, 0.05) is 0 Å². The van der Waals surface area contributed by atoms with Gasteiger partial charge in [0.1, 0.15) is 0 Å². The maximum atomic E-state index is 3.41. The molecule has 0 spiro atoms. The van der Waals surface area contributed by atoms with E-state index in [0.29, 0.717) is 0 Å². The number of hydrogen-bond acceptors (Lipinski definition) is 1. The van der Waals surface area contributed by atoms with Crippen molar-refractivity contribution in [3.63, 3.8) is 0 Å². The van der Waals surface area contributed by atoms with Gasteiger partial charge >= 0.3 is 0 Å². The van der Waals surface area contributed by atoms with E-state index in [4.69, 9.17) is 0 Å². The molecule has 0 aromatic heterocycles. The van der Waals surface area contributed by atoms with Gasteiger partial charge in [0.25, 0.3) is 0 Å². The number of rotatable bonds is 7. The Morgan fingerprint density at radius 1 is 1.09 bits per heavy atom. The van der Waals surface area contributed by atoms with Gasteiger partial charge in [-0.05, 0) is 31.8 Å². The number of nitrogens with one attached hydrogen (secondary N) is 1. The molecule has 1 nitrogen and oxygen atoms in total. The van der Waals surface area contributed by atoms with Gasteiger partial charge in [0.15, 0.2) is 0 Å². The molecule has 0 aromatic rings. The van der Waals surface area contributed by atoms with Gasteiger partial charge in [-0.15, -0.1) is 0 Å². The van der Waals surface area contributed by atoms with Crippen molar-refractivity contribution in [1.82, 2.24) is 5.32 Å². The van der Waals surface area contributed by atoms with Crippen molar-refractivity contribution in [2.24, 2.45) is 5.92 Å². The van der Waals surface area contributed by atoms with E-state index in [2.05, 4.69) is 26.1 Å². The fraction of sp³-hybridized carbons (Fsp3) is 1.00. The monoisotopic (exact) mass is 157 g/mol. The quantitative estimate of drug-likeness (QED) is 0.560. The van der Waals surface area contributed by atoms with E-state index < -0.39 is 0 Å². The van der Waals surface area contributed by atoms with Crippen molar-refractivity contribution >= 4 is 0 Å². The largest absolute Gasteiger partial charge is 0.317 e. The van der Waals surface area contributed by atoms with Crippen molar-refractivity contribution in [2.45, 2.75) is 46.5 Å². The smallest absolute Gasteiger partial charge is 0.00489 e. The molecule has 0 fully saturated rings. The third-order valence-electron chi connectivity index (χ3n) is 1.81. The molecule has 0 unspecified atom stereocenters. The van der Waals surface area contributed by atoms with Crippen LogP contribution in [0.5, 0.6) is 0 Å². The Labute approximate surface area is 71.6 Å². The molecule has 0 radical (unpaired) electrons. The van der Waals surface area contributed by atoms with Crippen molar-refractivity contribution in [3.8, 4) is 0 Å². The highest BCUT2D eigenvalue weighted by Gasteiger charge is 1.92. The molecular weight excluding hydrogens is 134 g/mol. The van der Waals surface area contributed by atoms with E-state index in [1.54, 1.807) is 0 Å². The van der Waals surface area contributed by atoms with Crippen LogP contribution in [0.2, 0.25) is 0 Å². The minimum Gasteiger partial charge on any atom is -0.317 e. The third kappa shape index (κ3) is 9.96. The first-order valence-electron chi connectivity index (χ1n) is 4.98. The second kappa shape index (κ2) is 8.06. The Balaban J connectivity index is 2.80. The van der Waals surface area contributed by atoms with Gasteiger partial charge in [0.05, 0.1) is 0 Å². The lowest BCUT2D eigenvalue weighted by Crippen LogP contribution is -2.15. The highest BCUT2D eigenvalue weighted by atomic mass is 14.8. The molecule has 0 aromatic carbocycles. The minimum atomic E-state index is 0.876. The summed E-state index contributed by atoms with van der Waals surface area (Å²) in [5.74, 6) is 0.876. The Hall–Kier alpha value is -0.0400. The summed E-state index contributed by atoms with van der Waals surface area (Å²) in [6.45, 7) is 9.18. The van der Waals surface area contributed by atoms with Crippen molar-refractivity contribution < 1.29 is 0 Å². The lowest BCUT2D eigenvalue weighted by atomic mass is 10.1. The predicted octanol–water partition coefficient (Wildman–Crippen LogP) is 2.81. The normalized spacial score (nSPS) is 10.9. The van der Waals surface area contributed by atoms with Gasteiger partial charge in [-0.3, -0.25) is 0 Å². The molecule has 0 atom stereocenters. The summed E-state index contributed by atoms with van der Waals surface area (Å²) in [7, 11) is 0. The van der Waals surface area contributed by atoms with E-state index in [-0.39, 0.29) is 0 Å². The maximum absolute atomic E-state index is 3.41. The van der Waals surface area contributed by atoms with Gasteiger partial charge in [-0.25, -0.2) is 0 Å². The van der Waals surface area contributed by atoms with Gasteiger partial charge in [0.2, 0.25) is 0 Å². The highest BCUT2D eigenvalue weighted by molar-refractivity contribution is 4.49. The zero-order valence-electron chi connectivity index (χ0n) is 8.32. The van der Waals surface area contributed by atoms with Crippen LogP contribution in [0.4, 0.5) is 0 Å². The minimum absolute atomic E-state index is 0.876. The van der Waals surface area contributed by atoms with Gasteiger partial charge in [-0.1, -0.05) is 33.6 Å². The second-order valence-electron chi connectivity index (χ2n) is 3.64. The molecule has 1 N–H and O–H groups in total. The Morgan fingerprint density at radius 3 is 2.36 bits per heavy atom. The second-order valence-corrected chi connectivity index (χ2v) is 3.64. The molecule has 0 amide bonds. The molecule has 0 saturated carbocycles. The van der Waals surface area contributed by atoms with Gasteiger partial charge in [-0.2, -0.15) is 0 Å². The zero-order valence-corrected chi connectivity index (χ0v) is 8.32. The average Bonchev–Trinajstić information content (AvgIpc) is 1.96. The first-order valence-corrected chi connectivity index (χ1v) is 4.98. The molecule has 0 saturated heterocycles. The summed E-state index contributed by atoms with van der Waals surface area (Å²) in [6, 6.07) is 0. The van der Waals surface area contributed by atoms with Crippen LogP contribution in [0.25, 0.3) is 0 Å². The first-order chi connectivity index (χ1) is 5.27. The molecule has 0 aliphatic rings. The zero-order chi connectivity index (χ0) is 8.53. The third-order valence-corrected chi connectivity index (χ3v) is 1.81. The highest BCUT2D eigenvalue weighted by Crippen LogP contribution is 2.04. The maximum Gasteiger partial charge on any atom is -0.00489 e. The molecule has 68 valence electrons. The number of hydrogen-bond donors (Lipinski definition) is 1. The van der Waals surface area contributed by atoms with Crippen LogP contribution in [0, 0.1) is 5.92 Å². The van der Waals surface area contributed by atoms with Crippen LogP contribution in [0.15, 0.2) is 0 Å². The molecule has 0 bridgehead atoms. The fourth-order valence-electron chi connectivity index (χ4n) is 1.10. The van der Waals surface area contributed by atoms with Crippen molar-refractivity contribution in [2.75, 3.05) is 13.1 Å². The van der Waals surface area contributed by atoms with Crippen molar-refractivity contribution in [3.05, 3.63) is 0 Å². The molecule has 0 rings (SSSR count). The Morgan fingerprint density at radius 2 is 1.82 bits per heavy atom. The summed E-state index contributed by atoms with van der Waals surface area (Å²) in [4.78, 5) is 0. The summed E-state index contributed by atoms with van der Waals surface area (Å²) in [5, 5.41) is 3.41. The van der Waals surface area contributed by atoms with E-state index in [1.165, 1.54) is 38.8 Å². The lowest BCUT2D eigenvalue weighted by Gasteiger charge is -2.04. The summed E-state index contributed by atoms with van der Waals surface area (Å²) in [5.41, 5.74) is 0. The lowest BCUT2D eigenvalue weighted by molar-refractivity contribution is 0.520. The summed E-state index contributed by atoms with van der Waals surface area (Å²) in [6.07, 6.45) is 5.37. The standard InChI is InChI=1S/C10H23N/c1-4-8-11-9-6-5-7-10(2)3/h10-11H,4-9H2,1-3H3. The molecule has 0 aliphatic heterocycles. The molecule has 0 aliphatic carbocycles. The summed E-state index contributed by atoms with van der Waals surface area (Å²) < 4.78 is 0.